The molecule has 1 aliphatic rings. The lowest BCUT2D eigenvalue weighted by molar-refractivity contribution is 0.198. The van der Waals surface area contributed by atoms with E-state index in [0.29, 0.717) is 6.61 Å². The van der Waals surface area contributed by atoms with Gasteiger partial charge in [0.1, 0.15) is 12.4 Å². The van der Waals surface area contributed by atoms with Crippen LogP contribution in [0.2, 0.25) is 0 Å². The van der Waals surface area contributed by atoms with Gasteiger partial charge >= 0.3 is 0 Å². The quantitative estimate of drug-likeness (QED) is 0.818. The first-order valence-corrected chi connectivity index (χ1v) is 6.52. The molecule has 0 amide bonds. The maximum atomic E-state index is 6.42. The molecule has 3 heteroatoms. The van der Waals surface area contributed by atoms with Crippen molar-refractivity contribution in [3.8, 4) is 5.75 Å². The Bertz CT molecular complexity index is 357. The second-order valence-corrected chi connectivity index (χ2v) is 5.21. The van der Waals surface area contributed by atoms with Crippen LogP contribution in [0, 0.1) is 6.92 Å². The molecular weight excluding hydrogens is 212 g/mol. The van der Waals surface area contributed by atoms with Gasteiger partial charge < -0.3 is 10.5 Å². The van der Waals surface area contributed by atoms with Gasteiger partial charge in [0, 0.05) is 18.0 Å². The normalized spacial score (nSPS) is 19.6. The van der Waals surface area contributed by atoms with Gasteiger partial charge in [-0.25, -0.2) is 0 Å². The topological polar surface area (TPSA) is 48.1 Å². The molecule has 1 aliphatic carbocycles. The predicted octanol–water partition coefficient (Wildman–Crippen LogP) is 2.82. The Balaban J connectivity index is 1.94. The minimum absolute atomic E-state index is 0.133. The molecule has 0 bridgehead atoms. The summed E-state index contributed by atoms with van der Waals surface area (Å²) in [5.41, 5.74) is 7.36. The number of rotatable bonds is 3. The van der Waals surface area contributed by atoms with Crippen LogP contribution >= 0.6 is 0 Å². The summed E-state index contributed by atoms with van der Waals surface area (Å²) in [4.78, 5) is 4.06. The molecule has 17 heavy (non-hydrogen) atoms. The molecule has 1 aromatic rings. The van der Waals surface area contributed by atoms with Crippen LogP contribution in [0.5, 0.6) is 5.75 Å². The number of nitrogens with two attached hydrogens (primary N) is 1. The molecule has 3 nitrogen and oxygen atoms in total. The van der Waals surface area contributed by atoms with Gasteiger partial charge in [-0.15, -0.1) is 0 Å². The van der Waals surface area contributed by atoms with Crippen LogP contribution in [-0.2, 0) is 0 Å². The summed E-state index contributed by atoms with van der Waals surface area (Å²) < 4.78 is 5.87. The molecule has 1 heterocycles. The van der Waals surface area contributed by atoms with Gasteiger partial charge in [-0.1, -0.05) is 25.7 Å². The van der Waals surface area contributed by atoms with Crippen LogP contribution in [-0.4, -0.2) is 17.1 Å². The molecule has 0 unspecified atom stereocenters. The first-order chi connectivity index (χ1) is 8.20. The molecule has 2 rings (SSSR count). The lowest BCUT2D eigenvalue weighted by Gasteiger charge is -2.28. The molecule has 1 aromatic heterocycles. The summed E-state index contributed by atoms with van der Waals surface area (Å²) in [5, 5.41) is 0. The zero-order valence-electron chi connectivity index (χ0n) is 10.6. The van der Waals surface area contributed by atoms with Crippen molar-refractivity contribution in [3.63, 3.8) is 0 Å². The number of aromatic nitrogens is 1. The molecule has 1 fully saturated rings. The predicted molar refractivity (Wildman–Crippen MR) is 69.1 cm³/mol. The first-order valence-electron chi connectivity index (χ1n) is 6.52. The lowest BCUT2D eigenvalue weighted by Crippen LogP contribution is -2.45. The van der Waals surface area contributed by atoms with E-state index in [2.05, 4.69) is 4.98 Å². The van der Waals surface area contributed by atoms with E-state index in [1.54, 1.807) is 6.20 Å². The fraction of sp³-hybridized carbons (Fsp3) is 0.643. The summed E-state index contributed by atoms with van der Waals surface area (Å²) in [6.45, 7) is 2.64. The van der Waals surface area contributed by atoms with E-state index in [4.69, 9.17) is 10.5 Å². The van der Waals surface area contributed by atoms with E-state index >= 15 is 0 Å². The van der Waals surface area contributed by atoms with Gasteiger partial charge in [0.25, 0.3) is 0 Å². The van der Waals surface area contributed by atoms with Crippen molar-refractivity contribution in [1.29, 1.82) is 0 Å². The van der Waals surface area contributed by atoms with Crippen LogP contribution < -0.4 is 10.5 Å². The SMILES string of the molecule is Cc1cnccc1OCC1(N)CCCCCC1. The van der Waals surface area contributed by atoms with Crippen molar-refractivity contribution in [2.45, 2.75) is 51.0 Å². The van der Waals surface area contributed by atoms with Crippen LogP contribution in [0.1, 0.15) is 44.1 Å². The number of nitrogens with zero attached hydrogens (tertiary/aromatic N) is 1. The Morgan fingerprint density at radius 2 is 2.00 bits per heavy atom. The van der Waals surface area contributed by atoms with Gasteiger partial charge in [0.05, 0.1) is 5.54 Å². The Hall–Kier alpha value is -1.09. The first kappa shape index (κ1) is 12.4. The van der Waals surface area contributed by atoms with Crippen molar-refractivity contribution in [2.75, 3.05) is 6.61 Å². The van der Waals surface area contributed by atoms with E-state index in [9.17, 15) is 0 Å². The van der Waals surface area contributed by atoms with Gasteiger partial charge in [0.2, 0.25) is 0 Å². The average molecular weight is 234 g/mol. The second kappa shape index (κ2) is 5.50. The van der Waals surface area contributed by atoms with Crippen molar-refractivity contribution in [1.82, 2.24) is 4.98 Å². The molecule has 0 saturated heterocycles. The zero-order valence-corrected chi connectivity index (χ0v) is 10.6. The maximum absolute atomic E-state index is 6.42. The molecule has 2 N–H and O–H groups in total. The van der Waals surface area contributed by atoms with Gasteiger partial charge in [-0.2, -0.15) is 0 Å². The van der Waals surface area contributed by atoms with E-state index < -0.39 is 0 Å². The minimum atomic E-state index is -0.133. The highest BCUT2D eigenvalue weighted by Gasteiger charge is 2.27. The van der Waals surface area contributed by atoms with Gasteiger partial charge in [-0.3, -0.25) is 4.98 Å². The summed E-state index contributed by atoms with van der Waals surface area (Å²) in [7, 11) is 0. The molecule has 0 spiro atoms. The summed E-state index contributed by atoms with van der Waals surface area (Å²) in [5.74, 6) is 0.911. The summed E-state index contributed by atoms with van der Waals surface area (Å²) in [6.07, 6.45) is 10.8. The Morgan fingerprint density at radius 1 is 1.29 bits per heavy atom. The zero-order chi connectivity index (χ0) is 12.1. The number of ether oxygens (including phenoxy) is 1. The molecular formula is C14H22N2O. The van der Waals surface area contributed by atoms with Crippen molar-refractivity contribution < 1.29 is 4.74 Å². The third-order valence-electron chi connectivity index (χ3n) is 3.58. The van der Waals surface area contributed by atoms with E-state index in [1.165, 1.54) is 25.7 Å². The molecule has 0 radical (unpaired) electrons. The monoisotopic (exact) mass is 234 g/mol. The number of hydrogen-bond donors (Lipinski definition) is 1. The maximum Gasteiger partial charge on any atom is 0.125 e. The molecule has 0 atom stereocenters. The third kappa shape index (κ3) is 3.43. The molecule has 94 valence electrons. The van der Waals surface area contributed by atoms with E-state index in [1.807, 2.05) is 19.2 Å². The Kier molecular flexibility index (Phi) is 4.00. The smallest absolute Gasteiger partial charge is 0.125 e. The van der Waals surface area contributed by atoms with Crippen LogP contribution in [0.4, 0.5) is 0 Å². The Labute approximate surface area is 103 Å². The summed E-state index contributed by atoms with van der Waals surface area (Å²) in [6, 6.07) is 1.91. The average Bonchev–Trinajstić information content (AvgIpc) is 2.54. The fourth-order valence-corrected chi connectivity index (χ4v) is 2.42. The molecule has 0 aromatic carbocycles. The number of aryl methyl sites for hydroxylation is 1. The van der Waals surface area contributed by atoms with Crippen molar-refractivity contribution in [3.05, 3.63) is 24.0 Å². The fourth-order valence-electron chi connectivity index (χ4n) is 2.42. The largest absolute Gasteiger partial charge is 0.491 e. The standard InChI is InChI=1S/C14H22N2O/c1-12-10-16-9-6-13(12)17-11-14(15)7-4-2-3-5-8-14/h6,9-10H,2-5,7-8,11,15H2,1H3. The lowest BCUT2D eigenvalue weighted by atomic mass is 9.92. The highest BCUT2D eigenvalue weighted by molar-refractivity contribution is 5.28. The van der Waals surface area contributed by atoms with Crippen LogP contribution in [0.25, 0.3) is 0 Å². The molecule has 0 aliphatic heterocycles. The third-order valence-corrected chi connectivity index (χ3v) is 3.58. The molecule has 1 saturated carbocycles. The van der Waals surface area contributed by atoms with E-state index in [-0.39, 0.29) is 5.54 Å². The number of hydrogen-bond acceptors (Lipinski definition) is 3. The van der Waals surface area contributed by atoms with Gasteiger partial charge in [0.15, 0.2) is 0 Å². The second-order valence-electron chi connectivity index (χ2n) is 5.21. The van der Waals surface area contributed by atoms with Gasteiger partial charge in [-0.05, 0) is 25.8 Å². The highest BCUT2D eigenvalue weighted by Crippen LogP contribution is 2.26. The summed E-state index contributed by atoms with van der Waals surface area (Å²) >= 11 is 0. The Morgan fingerprint density at radius 3 is 2.65 bits per heavy atom. The van der Waals surface area contributed by atoms with Crippen molar-refractivity contribution in [2.24, 2.45) is 5.73 Å². The number of pyridine rings is 1. The van der Waals surface area contributed by atoms with Crippen molar-refractivity contribution >= 4 is 0 Å². The van der Waals surface area contributed by atoms with E-state index in [0.717, 1.165) is 24.2 Å². The highest BCUT2D eigenvalue weighted by atomic mass is 16.5. The minimum Gasteiger partial charge on any atom is -0.491 e. The van der Waals surface area contributed by atoms with Crippen LogP contribution in [0.15, 0.2) is 18.5 Å². The van der Waals surface area contributed by atoms with Crippen LogP contribution in [0.3, 0.4) is 0 Å².